The summed E-state index contributed by atoms with van der Waals surface area (Å²) in [6, 6.07) is 0.549. The van der Waals surface area contributed by atoms with Crippen LogP contribution in [0.4, 0.5) is 0 Å². The molecule has 0 heterocycles. The van der Waals surface area contributed by atoms with Gasteiger partial charge in [0.1, 0.15) is 0 Å². The van der Waals surface area contributed by atoms with E-state index in [1.807, 2.05) is 0 Å². The van der Waals surface area contributed by atoms with Crippen molar-refractivity contribution in [3.63, 3.8) is 0 Å². The summed E-state index contributed by atoms with van der Waals surface area (Å²) in [6.45, 7) is 0. The van der Waals surface area contributed by atoms with E-state index in [0.717, 1.165) is 11.8 Å². The fourth-order valence-corrected chi connectivity index (χ4v) is 3.17. The molecular formula is C11H22ClN. The molecule has 0 amide bonds. The zero-order chi connectivity index (χ0) is 8.39. The van der Waals surface area contributed by atoms with Gasteiger partial charge in [-0.3, -0.25) is 0 Å². The molecule has 2 atom stereocenters. The number of halogens is 1. The van der Waals surface area contributed by atoms with Gasteiger partial charge in [0.2, 0.25) is 0 Å². The Bertz CT molecular complexity index is 143. The van der Waals surface area contributed by atoms with Crippen molar-refractivity contribution >= 4 is 12.4 Å². The molecule has 0 unspecified atom stereocenters. The molecule has 2 aliphatic rings. The van der Waals surface area contributed by atoms with E-state index in [0.29, 0.717) is 6.04 Å². The summed E-state index contributed by atoms with van der Waals surface area (Å²) in [6.07, 6.45) is 11.5. The third-order valence-corrected chi connectivity index (χ3v) is 3.88. The van der Waals surface area contributed by atoms with Gasteiger partial charge in [-0.15, -0.1) is 12.4 Å². The predicted molar refractivity (Wildman–Crippen MR) is 59.1 cm³/mol. The molecular weight excluding hydrogens is 182 g/mol. The molecule has 0 saturated heterocycles. The molecule has 2 N–H and O–H groups in total. The molecule has 2 saturated carbocycles. The van der Waals surface area contributed by atoms with Crippen molar-refractivity contribution in [2.24, 2.45) is 17.6 Å². The number of rotatable bonds is 1. The lowest BCUT2D eigenvalue weighted by Crippen LogP contribution is -2.31. The minimum absolute atomic E-state index is 0. The summed E-state index contributed by atoms with van der Waals surface area (Å²) in [5.74, 6) is 1.89. The molecule has 0 aromatic carbocycles. The zero-order valence-corrected chi connectivity index (χ0v) is 9.19. The van der Waals surface area contributed by atoms with Crippen molar-refractivity contribution in [2.75, 3.05) is 0 Å². The molecule has 78 valence electrons. The maximum Gasteiger partial charge on any atom is 0.00698 e. The van der Waals surface area contributed by atoms with Crippen molar-refractivity contribution < 1.29 is 0 Å². The molecule has 0 aromatic heterocycles. The van der Waals surface area contributed by atoms with Crippen LogP contribution < -0.4 is 5.73 Å². The van der Waals surface area contributed by atoms with Gasteiger partial charge in [-0.25, -0.2) is 0 Å². The van der Waals surface area contributed by atoms with Gasteiger partial charge in [0, 0.05) is 6.04 Å². The molecule has 0 aliphatic heterocycles. The van der Waals surface area contributed by atoms with Gasteiger partial charge < -0.3 is 5.73 Å². The van der Waals surface area contributed by atoms with Gasteiger partial charge >= 0.3 is 0 Å². The first-order chi connectivity index (χ1) is 5.88. The first-order valence-corrected chi connectivity index (χ1v) is 5.63. The van der Waals surface area contributed by atoms with Gasteiger partial charge in [0.15, 0.2) is 0 Å². The van der Waals surface area contributed by atoms with Crippen molar-refractivity contribution in [3.05, 3.63) is 0 Å². The fraction of sp³-hybridized carbons (Fsp3) is 1.00. The van der Waals surface area contributed by atoms with Crippen LogP contribution in [0, 0.1) is 11.8 Å². The highest BCUT2D eigenvalue weighted by Crippen LogP contribution is 2.38. The van der Waals surface area contributed by atoms with Crippen LogP contribution in [0.25, 0.3) is 0 Å². The molecule has 2 aliphatic carbocycles. The van der Waals surface area contributed by atoms with E-state index < -0.39 is 0 Å². The normalized spacial score (nSPS) is 35.8. The molecule has 0 bridgehead atoms. The monoisotopic (exact) mass is 203 g/mol. The Morgan fingerprint density at radius 2 is 1.46 bits per heavy atom. The second kappa shape index (κ2) is 5.21. The number of hydrogen-bond acceptors (Lipinski definition) is 1. The summed E-state index contributed by atoms with van der Waals surface area (Å²) in [7, 11) is 0. The quantitative estimate of drug-likeness (QED) is 0.697. The minimum atomic E-state index is 0. The highest BCUT2D eigenvalue weighted by molar-refractivity contribution is 5.85. The number of nitrogens with two attached hydrogens (primary N) is 1. The van der Waals surface area contributed by atoms with Crippen molar-refractivity contribution in [1.82, 2.24) is 0 Å². The molecule has 0 spiro atoms. The average Bonchev–Trinajstić information content (AvgIpc) is 2.53. The van der Waals surface area contributed by atoms with Crippen LogP contribution in [0.2, 0.25) is 0 Å². The van der Waals surface area contributed by atoms with Gasteiger partial charge in [0.25, 0.3) is 0 Å². The Hall–Kier alpha value is 0.250. The number of hydrogen-bond donors (Lipinski definition) is 1. The topological polar surface area (TPSA) is 26.0 Å². The Kier molecular flexibility index (Phi) is 4.54. The molecule has 2 rings (SSSR count). The summed E-state index contributed by atoms with van der Waals surface area (Å²) in [5, 5.41) is 0. The van der Waals surface area contributed by atoms with E-state index in [1.165, 1.54) is 51.4 Å². The molecule has 2 heteroatoms. The molecule has 0 radical (unpaired) electrons. The van der Waals surface area contributed by atoms with Crippen molar-refractivity contribution in [3.8, 4) is 0 Å². The Morgan fingerprint density at radius 1 is 0.769 bits per heavy atom. The Morgan fingerprint density at radius 3 is 2.00 bits per heavy atom. The maximum atomic E-state index is 6.11. The van der Waals surface area contributed by atoms with Gasteiger partial charge in [0.05, 0.1) is 0 Å². The standard InChI is InChI=1S/C11H21N.ClH/c12-11-8-4-7-10(11)9-5-2-1-3-6-9;/h9-11H,1-8,12H2;1H/t10-,11+;/m0./s1. The van der Waals surface area contributed by atoms with Crippen LogP contribution in [0.1, 0.15) is 51.4 Å². The first kappa shape index (κ1) is 11.3. The van der Waals surface area contributed by atoms with Crippen LogP contribution in [0.5, 0.6) is 0 Å². The second-order valence-electron chi connectivity index (χ2n) is 4.66. The van der Waals surface area contributed by atoms with Crippen molar-refractivity contribution in [1.29, 1.82) is 0 Å². The van der Waals surface area contributed by atoms with Gasteiger partial charge in [-0.05, 0) is 24.7 Å². The minimum Gasteiger partial charge on any atom is -0.327 e. The van der Waals surface area contributed by atoms with Crippen LogP contribution >= 0.6 is 12.4 Å². The molecule has 1 nitrogen and oxygen atoms in total. The first-order valence-electron chi connectivity index (χ1n) is 5.63. The van der Waals surface area contributed by atoms with Gasteiger partial charge in [-0.1, -0.05) is 38.5 Å². The smallest absolute Gasteiger partial charge is 0.00698 e. The van der Waals surface area contributed by atoms with E-state index in [1.54, 1.807) is 0 Å². The molecule has 13 heavy (non-hydrogen) atoms. The highest BCUT2D eigenvalue weighted by Gasteiger charge is 2.31. The molecule has 2 fully saturated rings. The zero-order valence-electron chi connectivity index (χ0n) is 8.37. The largest absolute Gasteiger partial charge is 0.327 e. The van der Waals surface area contributed by atoms with Crippen LogP contribution in [-0.2, 0) is 0 Å². The Labute approximate surface area is 87.9 Å². The summed E-state index contributed by atoms with van der Waals surface area (Å²) in [4.78, 5) is 0. The lowest BCUT2D eigenvalue weighted by molar-refractivity contribution is 0.234. The summed E-state index contributed by atoms with van der Waals surface area (Å²) >= 11 is 0. The second-order valence-corrected chi connectivity index (χ2v) is 4.66. The average molecular weight is 204 g/mol. The van der Waals surface area contributed by atoms with Crippen LogP contribution in [0.15, 0.2) is 0 Å². The van der Waals surface area contributed by atoms with Gasteiger partial charge in [-0.2, -0.15) is 0 Å². The Balaban J connectivity index is 0.000000845. The van der Waals surface area contributed by atoms with Crippen LogP contribution in [0.3, 0.4) is 0 Å². The van der Waals surface area contributed by atoms with Crippen molar-refractivity contribution in [2.45, 2.75) is 57.4 Å². The van der Waals surface area contributed by atoms with E-state index in [9.17, 15) is 0 Å². The third-order valence-electron chi connectivity index (χ3n) is 3.88. The van der Waals surface area contributed by atoms with E-state index in [2.05, 4.69) is 0 Å². The molecule has 0 aromatic rings. The lowest BCUT2D eigenvalue weighted by Gasteiger charge is -2.29. The van der Waals surface area contributed by atoms with E-state index in [-0.39, 0.29) is 12.4 Å². The lowest BCUT2D eigenvalue weighted by atomic mass is 9.78. The van der Waals surface area contributed by atoms with Crippen LogP contribution in [-0.4, -0.2) is 6.04 Å². The fourth-order valence-electron chi connectivity index (χ4n) is 3.17. The predicted octanol–water partition coefficient (Wildman–Crippen LogP) is 3.12. The maximum absolute atomic E-state index is 6.11. The van der Waals surface area contributed by atoms with E-state index >= 15 is 0 Å². The van der Waals surface area contributed by atoms with E-state index in [4.69, 9.17) is 5.73 Å². The third kappa shape index (κ3) is 2.60. The summed E-state index contributed by atoms with van der Waals surface area (Å²) in [5.41, 5.74) is 6.11. The highest BCUT2D eigenvalue weighted by atomic mass is 35.5. The SMILES string of the molecule is Cl.N[C@@H]1CCC[C@H]1C1CCCCC1. The summed E-state index contributed by atoms with van der Waals surface area (Å²) < 4.78 is 0.